The van der Waals surface area contributed by atoms with Gasteiger partial charge in [0.05, 0.1) is 18.4 Å². The fraction of sp³-hybridized carbons (Fsp3) is 0.667. The van der Waals surface area contributed by atoms with Gasteiger partial charge in [-0.15, -0.1) is 0 Å². The van der Waals surface area contributed by atoms with Crippen LogP contribution in [0.1, 0.15) is 50.5 Å². The van der Waals surface area contributed by atoms with Crippen LogP contribution >= 0.6 is 0 Å². The number of nitrogens with one attached hydrogen (secondary N) is 2. The molecule has 1 aromatic rings. The topological polar surface area (TPSA) is 74.5 Å². The standard InChI is InChI=1S/C15H24N2O3/c1-10(8-11(2)18)9-16-15(19)17-13-4-3-5-14-12(13)6-7-20-14/h6-7,10-11,13,18H,3-5,8-9H2,1-2H3,(H2,16,17,19). The third-order valence-corrected chi connectivity index (χ3v) is 3.71. The summed E-state index contributed by atoms with van der Waals surface area (Å²) < 4.78 is 5.41. The maximum Gasteiger partial charge on any atom is 0.315 e. The molecular weight excluding hydrogens is 256 g/mol. The highest BCUT2D eigenvalue weighted by Gasteiger charge is 2.23. The highest BCUT2D eigenvalue weighted by atomic mass is 16.3. The van der Waals surface area contributed by atoms with Gasteiger partial charge in [0.2, 0.25) is 0 Å². The summed E-state index contributed by atoms with van der Waals surface area (Å²) in [4.78, 5) is 11.9. The van der Waals surface area contributed by atoms with Crippen LogP contribution in [0.5, 0.6) is 0 Å². The lowest BCUT2D eigenvalue weighted by Gasteiger charge is -2.23. The Balaban J connectivity index is 1.78. The average molecular weight is 280 g/mol. The number of hydrogen-bond donors (Lipinski definition) is 3. The van der Waals surface area contributed by atoms with Crippen LogP contribution in [0.15, 0.2) is 16.7 Å². The molecule has 1 aliphatic rings. The van der Waals surface area contributed by atoms with Crippen molar-refractivity contribution in [3.05, 3.63) is 23.7 Å². The van der Waals surface area contributed by atoms with Crippen molar-refractivity contribution < 1.29 is 14.3 Å². The predicted molar refractivity (Wildman–Crippen MR) is 76.4 cm³/mol. The Kier molecular flexibility index (Phi) is 5.06. The number of carbonyl (C=O) groups excluding carboxylic acids is 1. The van der Waals surface area contributed by atoms with Crippen LogP contribution in [-0.4, -0.2) is 23.8 Å². The van der Waals surface area contributed by atoms with Gasteiger partial charge in [-0.3, -0.25) is 0 Å². The summed E-state index contributed by atoms with van der Waals surface area (Å²) in [6.07, 6.45) is 4.98. The number of aliphatic hydroxyl groups is 1. The molecule has 2 rings (SSSR count). The molecule has 112 valence electrons. The van der Waals surface area contributed by atoms with Crippen LogP contribution in [0.25, 0.3) is 0 Å². The number of rotatable bonds is 5. The monoisotopic (exact) mass is 280 g/mol. The Morgan fingerprint density at radius 1 is 1.55 bits per heavy atom. The summed E-state index contributed by atoms with van der Waals surface area (Å²) in [5.41, 5.74) is 1.10. The van der Waals surface area contributed by atoms with Gasteiger partial charge in [0.1, 0.15) is 5.76 Å². The van der Waals surface area contributed by atoms with E-state index in [0.29, 0.717) is 13.0 Å². The number of aliphatic hydroxyl groups excluding tert-OH is 1. The van der Waals surface area contributed by atoms with Crippen LogP contribution in [0.2, 0.25) is 0 Å². The number of furan rings is 1. The maximum absolute atomic E-state index is 11.9. The van der Waals surface area contributed by atoms with Crippen molar-refractivity contribution in [3.8, 4) is 0 Å². The van der Waals surface area contributed by atoms with Crippen LogP contribution in [0.4, 0.5) is 4.79 Å². The molecule has 1 aliphatic carbocycles. The van der Waals surface area contributed by atoms with Crippen molar-refractivity contribution in [1.29, 1.82) is 0 Å². The number of hydrogen-bond acceptors (Lipinski definition) is 3. The van der Waals surface area contributed by atoms with Crippen molar-refractivity contribution in [2.75, 3.05) is 6.54 Å². The molecule has 0 aromatic carbocycles. The zero-order chi connectivity index (χ0) is 14.5. The molecule has 5 heteroatoms. The largest absolute Gasteiger partial charge is 0.469 e. The van der Waals surface area contributed by atoms with Crippen LogP contribution in [0.3, 0.4) is 0 Å². The van der Waals surface area contributed by atoms with Gasteiger partial charge < -0.3 is 20.2 Å². The van der Waals surface area contributed by atoms with E-state index in [1.54, 1.807) is 13.2 Å². The first kappa shape index (κ1) is 14.9. The van der Waals surface area contributed by atoms with Crippen molar-refractivity contribution in [1.82, 2.24) is 10.6 Å². The minimum atomic E-state index is -0.332. The summed E-state index contributed by atoms with van der Waals surface area (Å²) >= 11 is 0. The molecule has 2 amide bonds. The van der Waals surface area contributed by atoms with Gasteiger partial charge in [0.15, 0.2) is 0 Å². The molecule has 0 fully saturated rings. The van der Waals surface area contributed by atoms with Gasteiger partial charge in [0.25, 0.3) is 0 Å². The normalized spacial score (nSPS) is 20.9. The van der Waals surface area contributed by atoms with Gasteiger partial charge in [-0.05, 0) is 38.2 Å². The number of aryl methyl sites for hydroxylation is 1. The van der Waals surface area contributed by atoms with E-state index in [-0.39, 0.29) is 24.1 Å². The SMILES string of the molecule is CC(O)CC(C)CNC(=O)NC1CCCc2occc21. The van der Waals surface area contributed by atoms with Crippen molar-refractivity contribution in [2.24, 2.45) is 5.92 Å². The molecule has 3 N–H and O–H groups in total. The zero-order valence-electron chi connectivity index (χ0n) is 12.2. The van der Waals surface area contributed by atoms with Crippen molar-refractivity contribution in [3.63, 3.8) is 0 Å². The second-order valence-corrected chi connectivity index (χ2v) is 5.79. The number of amides is 2. The lowest BCUT2D eigenvalue weighted by molar-refractivity contribution is 0.163. The van der Waals surface area contributed by atoms with E-state index in [9.17, 15) is 9.90 Å². The minimum absolute atomic E-state index is 0.0459. The Hall–Kier alpha value is -1.49. The lowest BCUT2D eigenvalue weighted by atomic mass is 9.93. The van der Waals surface area contributed by atoms with E-state index in [0.717, 1.165) is 30.6 Å². The number of fused-ring (bicyclic) bond motifs is 1. The van der Waals surface area contributed by atoms with E-state index >= 15 is 0 Å². The second kappa shape index (κ2) is 6.79. The molecule has 3 atom stereocenters. The smallest absolute Gasteiger partial charge is 0.315 e. The molecule has 0 bridgehead atoms. The molecule has 1 aromatic heterocycles. The summed E-state index contributed by atoms with van der Waals surface area (Å²) in [7, 11) is 0. The number of urea groups is 1. The molecule has 0 spiro atoms. The first-order valence-corrected chi connectivity index (χ1v) is 7.35. The summed E-state index contributed by atoms with van der Waals surface area (Å²) in [6, 6.07) is 1.83. The fourth-order valence-electron chi connectivity index (χ4n) is 2.78. The molecule has 0 saturated carbocycles. The summed E-state index contributed by atoms with van der Waals surface area (Å²) in [5.74, 6) is 1.25. The summed E-state index contributed by atoms with van der Waals surface area (Å²) in [6.45, 7) is 4.35. The van der Waals surface area contributed by atoms with Gasteiger partial charge in [-0.2, -0.15) is 0 Å². The van der Waals surface area contributed by atoms with Gasteiger partial charge >= 0.3 is 6.03 Å². The van der Waals surface area contributed by atoms with Crippen LogP contribution in [0, 0.1) is 5.92 Å². The zero-order valence-corrected chi connectivity index (χ0v) is 12.2. The van der Waals surface area contributed by atoms with E-state index in [1.807, 2.05) is 13.0 Å². The highest BCUT2D eigenvalue weighted by Crippen LogP contribution is 2.30. The van der Waals surface area contributed by atoms with Gasteiger partial charge in [-0.25, -0.2) is 4.79 Å². The van der Waals surface area contributed by atoms with Crippen LogP contribution in [-0.2, 0) is 6.42 Å². The average Bonchev–Trinajstić information content (AvgIpc) is 2.85. The first-order valence-electron chi connectivity index (χ1n) is 7.35. The molecule has 0 aliphatic heterocycles. The van der Waals surface area contributed by atoms with E-state index < -0.39 is 0 Å². The predicted octanol–water partition coefficient (Wildman–Crippen LogP) is 2.36. The maximum atomic E-state index is 11.9. The first-order chi connectivity index (χ1) is 9.56. The van der Waals surface area contributed by atoms with Gasteiger partial charge in [0, 0.05) is 18.5 Å². The van der Waals surface area contributed by atoms with Crippen LogP contribution < -0.4 is 10.6 Å². The highest BCUT2D eigenvalue weighted by molar-refractivity contribution is 5.74. The van der Waals surface area contributed by atoms with E-state index in [2.05, 4.69) is 10.6 Å². The molecule has 5 nitrogen and oxygen atoms in total. The third kappa shape index (κ3) is 4.00. The molecule has 1 heterocycles. The molecular formula is C15H24N2O3. The van der Waals surface area contributed by atoms with Crippen molar-refractivity contribution in [2.45, 2.75) is 51.7 Å². The lowest BCUT2D eigenvalue weighted by Crippen LogP contribution is -2.40. The molecule has 3 unspecified atom stereocenters. The third-order valence-electron chi connectivity index (χ3n) is 3.71. The Morgan fingerprint density at radius 3 is 3.10 bits per heavy atom. The summed E-state index contributed by atoms with van der Waals surface area (Å²) in [5, 5.41) is 15.2. The fourth-order valence-corrected chi connectivity index (χ4v) is 2.78. The quantitative estimate of drug-likeness (QED) is 0.775. The Morgan fingerprint density at radius 2 is 2.35 bits per heavy atom. The van der Waals surface area contributed by atoms with E-state index in [1.165, 1.54) is 0 Å². The number of carbonyl (C=O) groups is 1. The van der Waals surface area contributed by atoms with E-state index in [4.69, 9.17) is 4.42 Å². The molecule has 20 heavy (non-hydrogen) atoms. The Bertz CT molecular complexity index is 442. The van der Waals surface area contributed by atoms with Gasteiger partial charge in [-0.1, -0.05) is 6.92 Å². The minimum Gasteiger partial charge on any atom is -0.469 e. The molecule has 0 radical (unpaired) electrons. The Labute approximate surface area is 119 Å². The molecule has 0 saturated heterocycles. The van der Waals surface area contributed by atoms with Crippen molar-refractivity contribution >= 4 is 6.03 Å². The second-order valence-electron chi connectivity index (χ2n) is 5.79.